The van der Waals surface area contributed by atoms with Crippen molar-refractivity contribution in [2.24, 2.45) is 5.92 Å². The molecule has 0 spiro atoms. The number of rotatable bonds is 2. The van der Waals surface area contributed by atoms with Crippen LogP contribution in [0.2, 0.25) is 5.02 Å². The quantitative estimate of drug-likeness (QED) is 0.739. The van der Waals surface area contributed by atoms with Crippen molar-refractivity contribution in [2.75, 3.05) is 18.4 Å². The summed E-state index contributed by atoms with van der Waals surface area (Å²) in [5.41, 5.74) is 0.104. The normalized spacial score (nSPS) is 20.3. The van der Waals surface area contributed by atoms with Crippen LogP contribution in [0.3, 0.4) is 0 Å². The number of carbonyl (C=O) groups excluding carboxylic acids is 1. The van der Waals surface area contributed by atoms with E-state index in [0.29, 0.717) is 10.8 Å². The van der Waals surface area contributed by atoms with Crippen LogP contribution >= 0.6 is 34.2 Å². The monoisotopic (exact) mass is 421 g/mol. The molecule has 1 aromatic rings. The highest BCUT2D eigenvalue weighted by Crippen LogP contribution is 2.25. The molecule has 0 unspecified atom stereocenters. The van der Waals surface area contributed by atoms with Gasteiger partial charge in [-0.15, -0.1) is 0 Å². The fourth-order valence-corrected chi connectivity index (χ4v) is 3.05. The summed E-state index contributed by atoms with van der Waals surface area (Å²) in [5.74, 6) is 0.643. The summed E-state index contributed by atoms with van der Waals surface area (Å²) < 4.78 is 0.888. The van der Waals surface area contributed by atoms with Crippen molar-refractivity contribution < 1.29 is 4.79 Å². The number of piperidine rings is 1. The number of hydrogen-bond donors (Lipinski definition) is 1. The third kappa shape index (κ3) is 4.53. The number of nitrogens with zero attached hydrogens (tertiary/aromatic N) is 2. The van der Waals surface area contributed by atoms with E-state index in [1.807, 2.05) is 0 Å². The molecule has 1 fully saturated rings. The molecule has 1 saturated heterocycles. The second kappa shape index (κ2) is 6.79. The molecule has 0 radical (unpaired) electrons. The predicted octanol–water partition coefficient (Wildman–Crippen LogP) is 3.79. The van der Waals surface area contributed by atoms with Gasteiger partial charge in [0.25, 0.3) is 0 Å². The van der Waals surface area contributed by atoms with Gasteiger partial charge in [-0.2, -0.15) is 0 Å². The van der Waals surface area contributed by atoms with Gasteiger partial charge in [0.2, 0.25) is 5.91 Å². The number of pyridine rings is 1. The smallest absolute Gasteiger partial charge is 0.229 e. The molecule has 0 bridgehead atoms. The van der Waals surface area contributed by atoms with E-state index in [9.17, 15) is 4.79 Å². The van der Waals surface area contributed by atoms with Gasteiger partial charge in [0.1, 0.15) is 5.82 Å². The summed E-state index contributed by atoms with van der Waals surface area (Å²) in [6.45, 7) is 8.44. The molecule has 0 aromatic carbocycles. The largest absolute Gasteiger partial charge is 0.310 e. The Morgan fingerprint density at radius 2 is 2.24 bits per heavy atom. The summed E-state index contributed by atoms with van der Waals surface area (Å²) >= 11 is 8.08. The first-order chi connectivity index (χ1) is 9.77. The highest BCUT2D eigenvalue weighted by molar-refractivity contribution is 14.1. The van der Waals surface area contributed by atoms with Gasteiger partial charge < -0.3 is 5.32 Å². The van der Waals surface area contributed by atoms with E-state index < -0.39 is 0 Å². The van der Waals surface area contributed by atoms with Crippen LogP contribution in [0.4, 0.5) is 5.82 Å². The van der Waals surface area contributed by atoms with Crippen LogP contribution in [0.5, 0.6) is 0 Å². The Morgan fingerprint density at radius 1 is 1.52 bits per heavy atom. The number of carbonyl (C=O) groups is 1. The van der Waals surface area contributed by atoms with Crippen molar-refractivity contribution in [2.45, 2.75) is 39.2 Å². The summed E-state index contributed by atoms with van der Waals surface area (Å²) in [7, 11) is 0. The highest BCUT2D eigenvalue weighted by atomic mass is 127. The van der Waals surface area contributed by atoms with E-state index in [4.69, 9.17) is 11.6 Å². The third-order valence-electron chi connectivity index (χ3n) is 3.80. The van der Waals surface area contributed by atoms with E-state index in [2.05, 4.69) is 58.6 Å². The standard InChI is InChI=1S/C15H21ClIN3O/c1-15(2,3)20-6-4-5-10(9-20)14(21)19-13-7-12(17)11(16)8-18-13/h7-8,10H,4-6,9H2,1-3H3,(H,18,19,21)/t10-/m1/s1. The Labute approximate surface area is 144 Å². The van der Waals surface area contributed by atoms with Crippen LogP contribution in [0, 0.1) is 9.49 Å². The minimum Gasteiger partial charge on any atom is -0.310 e. The van der Waals surface area contributed by atoms with E-state index in [1.165, 1.54) is 0 Å². The lowest BCUT2D eigenvalue weighted by Gasteiger charge is -2.41. The zero-order valence-electron chi connectivity index (χ0n) is 12.6. The zero-order valence-corrected chi connectivity index (χ0v) is 15.5. The molecule has 2 heterocycles. The van der Waals surface area contributed by atoms with E-state index in [-0.39, 0.29) is 17.4 Å². The maximum atomic E-state index is 12.4. The Hall–Kier alpha value is -0.400. The molecular weight excluding hydrogens is 401 g/mol. The first-order valence-corrected chi connectivity index (χ1v) is 8.60. The minimum atomic E-state index is 0.0214. The van der Waals surface area contributed by atoms with Crippen molar-refractivity contribution in [1.29, 1.82) is 0 Å². The zero-order chi connectivity index (χ0) is 15.6. The van der Waals surface area contributed by atoms with Gasteiger partial charge in [-0.1, -0.05) is 11.6 Å². The van der Waals surface area contributed by atoms with Gasteiger partial charge in [-0.3, -0.25) is 9.69 Å². The molecular formula is C15H21ClIN3O. The molecule has 6 heteroatoms. The summed E-state index contributed by atoms with van der Waals surface area (Å²) in [6, 6.07) is 1.80. The Bertz CT molecular complexity index is 530. The number of likely N-dealkylation sites (tertiary alicyclic amines) is 1. The molecule has 0 saturated carbocycles. The van der Waals surface area contributed by atoms with Crippen LogP contribution in [-0.4, -0.2) is 34.4 Å². The van der Waals surface area contributed by atoms with E-state index >= 15 is 0 Å². The molecule has 21 heavy (non-hydrogen) atoms. The maximum absolute atomic E-state index is 12.4. The number of halogens is 2. The summed E-state index contributed by atoms with van der Waals surface area (Å²) in [4.78, 5) is 19.0. The second-order valence-electron chi connectivity index (χ2n) is 6.43. The average Bonchev–Trinajstić information content (AvgIpc) is 2.42. The van der Waals surface area contributed by atoms with Crippen molar-refractivity contribution >= 4 is 45.9 Å². The number of nitrogens with one attached hydrogen (secondary N) is 1. The van der Waals surface area contributed by atoms with Gasteiger partial charge in [0.05, 0.1) is 10.9 Å². The Balaban J connectivity index is 2.01. The number of hydrogen-bond acceptors (Lipinski definition) is 3. The number of anilines is 1. The molecule has 116 valence electrons. The van der Waals surface area contributed by atoms with Crippen molar-refractivity contribution in [3.63, 3.8) is 0 Å². The topological polar surface area (TPSA) is 45.2 Å². The van der Waals surface area contributed by atoms with Crippen LogP contribution in [0.25, 0.3) is 0 Å². The van der Waals surface area contributed by atoms with Crippen LogP contribution in [-0.2, 0) is 4.79 Å². The van der Waals surface area contributed by atoms with Crippen LogP contribution < -0.4 is 5.32 Å². The molecule has 2 rings (SSSR count). The molecule has 4 nitrogen and oxygen atoms in total. The lowest BCUT2D eigenvalue weighted by molar-refractivity contribution is -0.122. The Kier molecular flexibility index (Phi) is 5.48. The highest BCUT2D eigenvalue weighted by Gasteiger charge is 2.31. The van der Waals surface area contributed by atoms with Gasteiger partial charge in [0, 0.05) is 21.9 Å². The van der Waals surface area contributed by atoms with Gasteiger partial charge in [0.15, 0.2) is 0 Å². The lowest BCUT2D eigenvalue weighted by Crippen LogP contribution is -2.49. The molecule has 1 aliphatic heterocycles. The molecule has 0 aliphatic carbocycles. The molecule has 1 amide bonds. The number of aromatic nitrogens is 1. The summed E-state index contributed by atoms with van der Waals surface area (Å²) in [6.07, 6.45) is 3.56. The molecule has 1 aliphatic rings. The first kappa shape index (κ1) is 17.0. The summed E-state index contributed by atoms with van der Waals surface area (Å²) in [5, 5.41) is 3.51. The van der Waals surface area contributed by atoms with Crippen molar-refractivity contribution in [1.82, 2.24) is 9.88 Å². The van der Waals surface area contributed by atoms with Crippen LogP contribution in [0.15, 0.2) is 12.3 Å². The van der Waals surface area contributed by atoms with Gasteiger partial charge in [-0.25, -0.2) is 4.98 Å². The number of amides is 1. The minimum absolute atomic E-state index is 0.0214. The van der Waals surface area contributed by atoms with Gasteiger partial charge in [-0.05, 0) is 68.8 Å². The Morgan fingerprint density at radius 3 is 2.86 bits per heavy atom. The van der Waals surface area contributed by atoms with Crippen molar-refractivity contribution in [3.8, 4) is 0 Å². The van der Waals surface area contributed by atoms with Crippen molar-refractivity contribution in [3.05, 3.63) is 20.9 Å². The third-order valence-corrected chi connectivity index (χ3v) is 5.31. The second-order valence-corrected chi connectivity index (χ2v) is 8.00. The maximum Gasteiger partial charge on any atom is 0.229 e. The predicted molar refractivity (Wildman–Crippen MR) is 94.6 cm³/mol. The van der Waals surface area contributed by atoms with Gasteiger partial charge >= 0.3 is 0 Å². The molecule has 1 aromatic heterocycles. The van der Waals surface area contributed by atoms with Crippen LogP contribution in [0.1, 0.15) is 33.6 Å². The average molecular weight is 422 g/mol. The first-order valence-electron chi connectivity index (χ1n) is 7.14. The fraction of sp³-hybridized carbons (Fsp3) is 0.600. The molecule has 1 atom stereocenters. The molecule has 1 N–H and O–H groups in total. The van der Waals surface area contributed by atoms with E-state index in [1.54, 1.807) is 12.3 Å². The van der Waals surface area contributed by atoms with E-state index in [0.717, 1.165) is 29.5 Å². The SMILES string of the molecule is CC(C)(C)N1CCC[C@@H](C(=O)Nc2cc(I)c(Cl)cn2)C1. The lowest BCUT2D eigenvalue weighted by atomic mass is 9.93. The fourth-order valence-electron chi connectivity index (χ4n) is 2.51.